The molecule has 2 aromatic heterocycles. The van der Waals surface area contributed by atoms with E-state index in [9.17, 15) is 81.6 Å². The number of azo groups is 1. The van der Waals surface area contributed by atoms with E-state index in [4.69, 9.17) is 23.2 Å². The van der Waals surface area contributed by atoms with Crippen molar-refractivity contribution in [3.8, 4) is 5.75 Å². The Bertz CT molecular complexity index is 4750. The van der Waals surface area contributed by atoms with Crippen LogP contribution in [0.2, 0.25) is 10.6 Å². The van der Waals surface area contributed by atoms with Gasteiger partial charge in [0.25, 0.3) is 5.95 Å². The molecule has 32 nitrogen and oxygen atoms in total. The van der Waals surface area contributed by atoms with E-state index < -0.39 is 163 Å². The standard InChI is InChI=1S/C46H30Cl2N14O18S4.6Na/c47-41-53-43(57-45(55-41)51-35-31(83(75,76)77)14-21-12-27(81(69,70)71)17-29(33(21)37(35)63)61-59-23-8-4-19(5-9-23)39(65)66)49-25-2-1-3-26(16-25)50-44-54-42(48)56-46(58-44)52-36-32(84(78,79)80)15-22-13-28(82(72,73)74)18-30(34(22)38(36)64)62-60-24-10-6-20(7-11-24)40(67)68;;;;;;/h1-18,59,61,63H,(H,65,66)(H,67,68)(H,69,70,71)(H,72,73,74)(H,75,76,77)(H,78,79,80)(H,50,54,56,58)(H2,49,51,53,55,57);;;;;;/q;6*+1/p-6/b52-36-,62-60?;;;;;;. The summed E-state index contributed by atoms with van der Waals surface area (Å²) in [6.07, 6.45) is 0.547. The fourth-order valence-electron chi connectivity index (χ4n) is 7.62. The SMILES string of the molecule is O=C([O-])c1ccc(N=Nc2cc(S(=O)(=O)[O-])cc3c2C(=O)/C(=N\c2nc(Cl)nc(Nc4cccc(Nc5nc(Cl)nc(Nc6c(S(=O)(=O)[O-])cc7cc(S(=O)(=O)[O-])cc(NNc8ccc(C(=O)O)cc8)c7c6[O-])n5)c4)n2)C(S(=O)(=O)[O-])=C3)cc1.[Na+].[Na+].[Na+].[Na+].[Na+].[Na+]. The number of carbonyl (C=O) groups excluding carboxylic acids is 2. The Hall–Kier alpha value is -3.76. The third kappa shape index (κ3) is 19.7. The van der Waals surface area contributed by atoms with Gasteiger partial charge in [0.2, 0.25) is 34.2 Å². The van der Waals surface area contributed by atoms with Crippen LogP contribution < -0.4 is 214 Å². The normalized spacial score (nSPS) is 12.4. The van der Waals surface area contributed by atoms with E-state index in [1.807, 2.05) is 0 Å². The number of hydrogen-bond donors (Lipinski definition) is 6. The molecule has 0 bridgehead atoms. The van der Waals surface area contributed by atoms with Gasteiger partial charge in [-0.1, -0.05) is 23.9 Å². The minimum atomic E-state index is -5.68. The predicted octanol–water partition coefficient (Wildman–Crippen LogP) is -13.7. The molecular formula is C46H24Cl2N14Na6O18S4. The largest absolute Gasteiger partial charge is 1.00 e. The molecule has 0 saturated carbocycles. The maximum atomic E-state index is 14.3. The van der Waals surface area contributed by atoms with Crippen LogP contribution in [0.25, 0.3) is 16.8 Å². The van der Waals surface area contributed by atoms with Gasteiger partial charge in [-0.3, -0.25) is 4.79 Å². The minimum Gasteiger partial charge on any atom is -0.871 e. The van der Waals surface area contributed by atoms with E-state index >= 15 is 0 Å². The van der Waals surface area contributed by atoms with Gasteiger partial charge in [-0.2, -0.15) is 35.0 Å². The molecule has 0 unspecified atom stereocenters. The summed E-state index contributed by atoms with van der Waals surface area (Å²) in [4.78, 5) is 59.8. The zero-order valence-corrected chi connectivity index (χ0v) is 63.5. The number of carboxylic acids is 2. The summed E-state index contributed by atoms with van der Waals surface area (Å²) in [6.45, 7) is 0. The molecule has 0 saturated heterocycles. The summed E-state index contributed by atoms with van der Waals surface area (Å²) in [5, 5.41) is 48.0. The summed E-state index contributed by atoms with van der Waals surface area (Å²) in [6, 6.07) is 18.3. The van der Waals surface area contributed by atoms with Crippen molar-refractivity contribution in [1.29, 1.82) is 0 Å². The van der Waals surface area contributed by atoms with E-state index in [1.54, 1.807) is 0 Å². The first-order valence-electron chi connectivity index (χ1n) is 22.4. The van der Waals surface area contributed by atoms with Crippen LogP contribution in [-0.4, -0.2) is 110 Å². The third-order valence-corrected chi connectivity index (χ3v) is 14.9. The summed E-state index contributed by atoms with van der Waals surface area (Å²) >= 11 is 12.4. The van der Waals surface area contributed by atoms with Crippen LogP contribution in [-0.2, 0) is 40.5 Å². The molecule has 90 heavy (non-hydrogen) atoms. The number of benzene rings is 6. The van der Waals surface area contributed by atoms with Crippen LogP contribution in [0.15, 0.2) is 138 Å². The molecule has 0 atom stereocenters. The van der Waals surface area contributed by atoms with Crippen molar-refractivity contribution >= 4 is 168 Å². The molecule has 1 aliphatic carbocycles. The molecule has 9 rings (SSSR count). The third-order valence-electron chi connectivity index (χ3n) is 11.2. The van der Waals surface area contributed by atoms with Gasteiger partial charge in [0.05, 0.1) is 65.1 Å². The molecule has 430 valence electrons. The number of nitrogens with zero attached hydrogens (tertiary/aromatic N) is 9. The van der Waals surface area contributed by atoms with E-state index in [0.717, 1.165) is 30.3 Å². The van der Waals surface area contributed by atoms with Crippen LogP contribution >= 0.6 is 23.2 Å². The summed E-state index contributed by atoms with van der Waals surface area (Å²) < 4.78 is 149. The minimum absolute atomic E-state index is 0. The molecule has 0 amide bonds. The molecule has 8 aromatic rings. The molecule has 0 spiro atoms. The number of hydrazine groups is 1. The molecule has 44 heteroatoms. The Labute approximate surface area is 650 Å². The van der Waals surface area contributed by atoms with Crippen molar-refractivity contribution in [3.05, 3.63) is 141 Å². The Balaban J connectivity index is 0.00000353. The monoisotopic (exact) mass is 1400 g/mol. The fraction of sp³-hybridized carbons (Fsp3) is 0. The van der Waals surface area contributed by atoms with Gasteiger partial charge < -0.3 is 65.1 Å². The molecule has 6 aromatic carbocycles. The fourth-order valence-corrected chi connectivity index (χ4v) is 10.3. The van der Waals surface area contributed by atoms with E-state index in [2.05, 4.69) is 71.9 Å². The van der Waals surface area contributed by atoms with E-state index in [-0.39, 0.29) is 211 Å². The van der Waals surface area contributed by atoms with E-state index in [0.29, 0.717) is 30.3 Å². The summed E-state index contributed by atoms with van der Waals surface area (Å²) in [7, 11) is -21.9. The Morgan fingerprint density at radius 2 is 1.11 bits per heavy atom. The maximum Gasteiger partial charge on any atom is 1.00 e. The summed E-state index contributed by atoms with van der Waals surface area (Å²) in [5.41, 5.74) is 0.693. The number of nitrogens with one attached hydrogen (secondary N) is 5. The number of anilines is 8. The molecular weight excluding hydrogens is 1370 g/mol. The number of aromatic nitrogens is 6. The number of halogens is 2. The van der Waals surface area contributed by atoms with Crippen LogP contribution in [0.4, 0.5) is 63.6 Å². The van der Waals surface area contributed by atoms with Crippen molar-refractivity contribution in [2.24, 2.45) is 15.2 Å². The number of carbonyl (C=O) groups is 3. The first-order valence-corrected chi connectivity index (χ1v) is 28.8. The number of hydrogen-bond acceptors (Lipinski definition) is 31. The molecule has 0 aliphatic heterocycles. The maximum absolute atomic E-state index is 14.3. The van der Waals surface area contributed by atoms with Gasteiger partial charge in [-0.25, -0.2) is 43.5 Å². The predicted molar refractivity (Wildman–Crippen MR) is 284 cm³/mol. The van der Waals surface area contributed by atoms with Gasteiger partial charge in [0, 0.05) is 16.8 Å². The molecule has 0 fully saturated rings. The van der Waals surface area contributed by atoms with Crippen LogP contribution in [0.1, 0.15) is 36.6 Å². The Kier molecular flexibility index (Phi) is 29.1. The zero-order valence-electron chi connectivity index (χ0n) is 46.7. The van der Waals surface area contributed by atoms with Crippen LogP contribution in [0, 0.1) is 0 Å². The van der Waals surface area contributed by atoms with Crippen molar-refractivity contribution in [3.63, 3.8) is 0 Å². The van der Waals surface area contributed by atoms with Crippen molar-refractivity contribution in [2.45, 2.75) is 14.7 Å². The number of ketones is 1. The first kappa shape index (κ1) is 80.5. The second-order valence-electron chi connectivity index (χ2n) is 16.8. The first-order chi connectivity index (χ1) is 39.4. The number of rotatable bonds is 18. The average molecular weight is 1400 g/mol. The second-order valence-corrected chi connectivity index (χ2v) is 22.9. The topological polar surface area (TPSA) is 521 Å². The second kappa shape index (κ2) is 32.6. The average Bonchev–Trinajstić information content (AvgIpc) is 1.57. The number of allylic oxidation sites excluding steroid dienone is 1. The van der Waals surface area contributed by atoms with Crippen molar-refractivity contribution in [1.82, 2.24) is 29.9 Å². The van der Waals surface area contributed by atoms with Crippen LogP contribution in [0.3, 0.4) is 0 Å². The number of aromatic carboxylic acids is 2. The van der Waals surface area contributed by atoms with Crippen molar-refractivity contribution < 1.29 is 259 Å². The van der Waals surface area contributed by atoms with Gasteiger partial charge in [-0.05, 0) is 131 Å². The van der Waals surface area contributed by atoms with Crippen molar-refractivity contribution in [2.75, 3.05) is 26.8 Å². The van der Waals surface area contributed by atoms with Gasteiger partial charge in [0.15, 0.2) is 0 Å². The number of aliphatic imine (C=N–C) groups is 1. The molecule has 1 aliphatic rings. The van der Waals surface area contributed by atoms with Gasteiger partial charge >= 0.3 is 183 Å². The van der Waals surface area contributed by atoms with E-state index in [1.165, 1.54) is 48.5 Å². The molecule has 0 radical (unpaired) electrons. The smallest absolute Gasteiger partial charge is 0.871 e. The number of Topliss-reactive ketones (excluding diaryl/α,β-unsaturated/α-hetero) is 1. The number of carboxylic acid groups (broad SMARTS) is 2. The van der Waals surface area contributed by atoms with Gasteiger partial charge in [0.1, 0.15) is 46.2 Å². The zero-order chi connectivity index (χ0) is 60.8. The Morgan fingerprint density at radius 1 is 0.567 bits per heavy atom. The number of fused-ring (bicyclic) bond motifs is 2. The molecule has 2 heterocycles. The van der Waals surface area contributed by atoms with Gasteiger partial charge in [-0.15, -0.1) is 5.11 Å². The molecule has 6 N–H and O–H groups in total. The summed E-state index contributed by atoms with van der Waals surface area (Å²) in [5.74, 6) is -7.75. The quantitative estimate of drug-likeness (QED) is 0.0201. The Morgan fingerprint density at radius 3 is 1.66 bits per heavy atom. The van der Waals surface area contributed by atoms with Crippen LogP contribution in [0.5, 0.6) is 5.75 Å².